The molecule has 16 aliphatic rings. The van der Waals surface area contributed by atoms with Crippen LogP contribution in [0.4, 0.5) is 0 Å². The van der Waals surface area contributed by atoms with Crippen LogP contribution in [0, 0.1) is 30.6 Å². The van der Waals surface area contributed by atoms with Gasteiger partial charge in [0.1, 0.15) is 0 Å². The Kier molecular flexibility index (Phi) is 14.9. The van der Waals surface area contributed by atoms with Crippen molar-refractivity contribution in [3.8, 4) is 90.4 Å². The fourth-order valence-corrected chi connectivity index (χ4v) is 10.4. The van der Waals surface area contributed by atoms with Gasteiger partial charge in [0.05, 0.1) is 4.88 Å². The van der Waals surface area contributed by atoms with Crippen LogP contribution in [0.3, 0.4) is 0 Å². The van der Waals surface area contributed by atoms with Crippen molar-refractivity contribution < 1.29 is 0 Å². The number of hydrogen-bond acceptors (Lipinski definition) is 1. The first-order chi connectivity index (χ1) is 31.0. The fraction of sp³-hybridized carbons (Fsp3) is 0.290. The molecule has 0 saturated heterocycles. The molecule has 0 amide bonds. The lowest BCUT2D eigenvalue weighted by molar-refractivity contribution is 0.599. The van der Waals surface area contributed by atoms with Crippen molar-refractivity contribution >= 4 is 11.3 Å². The summed E-state index contributed by atoms with van der Waals surface area (Å²) in [5.41, 5.74) is 19.4. The predicted octanol–water partition coefficient (Wildman–Crippen LogP) is 17.9. The molecular formula is C62H62S. The number of thiophene rings is 1. The predicted molar refractivity (Wildman–Crippen MR) is 274 cm³/mol. The third kappa shape index (κ3) is 10.7. The Morgan fingerprint density at radius 3 is 1.05 bits per heavy atom. The van der Waals surface area contributed by atoms with Gasteiger partial charge in [-0.15, -0.1) is 17.3 Å². The third-order valence-corrected chi connectivity index (χ3v) is 14.1. The van der Waals surface area contributed by atoms with Gasteiger partial charge in [-0.3, -0.25) is 0 Å². The molecule has 316 valence electrons. The van der Waals surface area contributed by atoms with Crippen LogP contribution in [-0.4, -0.2) is 0 Å². The van der Waals surface area contributed by atoms with E-state index in [-0.39, 0.29) is 0 Å². The second-order valence-electron chi connectivity index (χ2n) is 17.4. The van der Waals surface area contributed by atoms with Gasteiger partial charge in [0.15, 0.2) is 0 Å². The van der Waals surface area contributed by atoms with E-state index < -0.39 is 0 Å². The molecule has 0 fully saturated rings. The molecule has 0 saturated carbocycles. The lowest BCUT2D eigenvalue weighted by atomic mass is 9.89. The molecule has 63 heavy (non-hydrogen) atoms. The van der Waals surface area contributed by atoms with Crippen molar-refractivity contribution in [1.82, 2.24) is 0 Å². The Bertz CT molecular complexity index is 2720. The largest absolute Gasteiger partial charge is 0.131 e. The van der Waals surface area contributed by atoms with Crippen molar-refractivity contribution in [2.24, 2.45) is 0 Å². The van der Waals surface area contributed by atoms with Gasteiger partial charge in [0.2, 0.25) is 0 Å². The minimum absolute atomic E-state index is 1.02. The van der Waals surface area contributed by atoms with E-state index in [0.29, 0.717) is 0 Å². The van der Waals surface area contributed by atoms with Crippen molar-refractivity contribution in [3.05, 3.63) is 165 Å². The zero-order valence-electron chi connectivity index (χ0n) is 38.0. The van der Waals surface area contributed by atoms with Crippen molar-refractivity contribution in [2.45, 2.75) is 118 Å². The SMILES string of the molecule is CC#Cc1cc2c(C#Cc3sc(C)c(CCCCCCCC)c3CCCCCCCC)cc1-c1ccc(cc1)-c1ccc(cc1)-c1ccc(cc1)-c1ccc(cc1)-c1ccc-2cc1. The quantitative estimate of drug-likeness (QED) is 0.0756. The summed E-state index contributed by atoms with van der Waals surface area (Å²) in [6.07, 6.45) is 18.1. The first-order valence-electron chi connectivity index (χ1n) is 23.8. The van der Waals surface area contributed by atoms with Gasteiger partial charge < -0.3 is 0 Å². The smallest absolute Gasteiger partial charge is 0.0809 e. The van der Waals surface area contributed by atoms with E-state index in [4.69, 9.17) is 0 Å². The van der Waals surface area contributed by atoms with E-state index in [0.717, 1.165) is 39.8 Å². The highest BCUT2D eigenvalue weighted by Crippen LogP contribution is 2.37. The van der Waals surface area contributed by atoms with Crippen molar-refractivity contribution in [1.29, 1.82) is 0 Å². The molecule has 0 N–H and O–H groups in total. The van der Waals surface area contributed by atoms with Crippen LogP contribution < -0.4 is 0 Å². The summed E-state index contributed by atoms with van der Waals surface area (Å²) in [4.78, 5) is 2.72. The Labute approximate surface area is 382 Å². The van der Waals surface area contributed by atoms with E-state index >= 15 is 0 Å². The van der Waals surface area contributed by atoms with Crippen molar-refractivity contribution in [2.75, 3.05) is 0 Å². The molecule has 6 aromatic carbocycles. The maximum atomic E-state index is 3.83. The van der Waals surface area contributed by atoms with Gasteiger partial charge in [-0.25, -0.2) is 0 Å². The Hall–Kier alpha value is -5.86. The summed E-state index contributed by atoms with van der Waals surface area (Å²) in [7, 11) is 0. The van der Waals surface area contributed by atoms with Crippen LogP contribution in [-0.2, 0) is 12.8 Å². The maximum Gasteiger partial charge on any atom is 0.0809 e. The molecule has 0 radical (unpaired) electrons. The second kappa shape index (κ2) is 21.5. The van der Waals surface area contributed by atoms with Crippen LogP contribution in [0.5, 0.6) is 0 Å². The first kappa shape index (κ1) is 43.8. The van der Waals surface area contributed by atoms with Crippen LogP contribution in [0.2, 0.25) is 0 Å². The first-order valence-corrected chi connectivity index (χ1v) is 24.6. The third-order valence-electron chi connectivity index (χ3n) is 13.0. The van der Waals surface area contributed by atoms with Gasteiger partial charge in [0.25, 0.3) is 0 Å². The maximum absolute atomic E-state index is 3.83. The molecule has 23 rings (SSSR count). The van der Waals surface area contributed by atoms with E-state index in [1.807, 2.05) is 18.3 Å². The summed E-state index contributed by atoms with van der Waals surface area (Å²) in [5, 5.41) is 0. The van der Waals surface area contributed by atoms with E-state index in [9.17, 15) is 0 Å². The van der Waals surface area contributed by atoms with Gasteiger partial charge in [-0.05, 0) is 130 Å². The highest BCUT2D eigenvalue weighted by Gasteiger charge is 2.17. The summed E-state index contributed by atoms with van der Waals surface area (Å²) >= 11 is 1.92. The average Bonchev–Trinajstić information content (AvgIpc) is 3.63. The van der Waals surface area contributed by atoms with Gasteiger partial charge >= 0.3 is 0 Å². The minimum Gasteiger partial charge on any atom is -0.131 e. The molecule has 1 heterocycles. The van der Waals surface area contributed by atoms with Crippen LogP contribution in [0.1, 0.15) is 130 Å². The van der Waals surface area contributed by atoms with Crippen LogP contribution in [0.15, 0.2) is 133 Å². The molecule has 7 aromatic rings. The molecule has 0 aliphatic heterocycles. The zero-order valence-corrected chi connectivity index (χ0v) is 38.8. The Morgan fingerprint density at radius 1 is 0.365 bits per heavy atom. The standard InChI is InChI=1S/C62H62S/c1-5-8-10-12-14-16-19-58-45(4)63-62(59(58)20-17-15-13-11-9-6-2)42-41-57-44-60-54-37-33-52(34-38-54)50-29-25-48(26-30-50)46-21-23-47(24-22-46)49-27-31-51(32-28-49)53-35-39-55(40-36-53)61(57)43-56(60)18-7-3/h21-40,43-44H,5-6,8-17,19-20H2,1-4H3. The molecule has 1 heteroatoms. The number of aryl methyl sites for hydroxylation is 1. The number of unbranched alkanes of at least 4 members (excludes halogenated alkanes) is 10. The average molecular weight is 839 g/mol. The number of rotatable bonds is 14. The van der Waals surface area contributed by atoms with E-state index in [2.05, 4.69) is 178 Å². The van der Waals surface area contributed by atoms with Gasteiger partial charge in [-0.2, -0.15) is 0 Å². The zero-order chi connectivity index (χ0) is 43.4. The highest BCUT2D eigenvalue weighted by atomic mass is 32.1. The van der Waals surface area contributed by atoms with Gasteiger partial charge in [-0.1, -0.05) is 217 Å². The van der Waals surface area contributed by atoms with Crippen LogP contribution in [0.25, 0.3) is 66.8 Å². The number of hydrogen-bond donors (Lipinski definition) is 0. The second-order valence-corrected chi connectivity index (χ2v) is 18.7. The van der Waals surface area contributed by atoms with Crippen LogP contribution >= 0.6 is 11.3 Å². The lowest BCUT2D eigenvalue weighted by Gasteiger charge is -2.14. The van der Waals surface area contributed by atoms with Crippen molar-refractivity contribution in [3.63, 3.8) is 0 Å². The summed E-state index contributed by atoms with van der Waals surface area (Å²) in [6.45, 7) is 8.88. The van der Waals surface area contributed by atoms with Gasteiger partial charge in [0, 0.05) is 16.0 Å². The molecular weight excluding hydrogens is 777 g/mol. The summed E-state index contributed by atoms with van der Waals surface area (Å²) in [5.74, 6) is 14.4. The Balaban J connectivity index is 1.22. The molecule has 1 aromatic heterocycles. The molecule has 0 unspecified atom stereocenters. The molecule has 0 spiro atoms. The highest BCUT2D eigenvalue weighted by molar-refractivity contribution is 7.12. The monoisotopic (exact) mass is 838 g/mol. The molecule has 0 atom stereocenters. The molecule has 0 nitrogen and oxygen atoms in total. The summed E-state index contributed by atoms with van der Waals surface area (Å²) < 4.78 is 0. The topological polar surface area (TPSA) is 0 Å². The molecule has 16 aliphatic carbocycles. The lowest BCUT2D eigenvalue weighted by Crippen LogP contribution is -1.96. The minimum atomic E-state index is 1.02. The fourth-order valence-electron chi connectivity index (χ4n) is 9.28. The number of benzene rings is 6. The normalized spacial score (nSPS) is 11.2. The Morgan fingerprint density at radius 2 is 0.683 bits per heavy atom. The van der Waals surface area contributed by atoms with E-state index in [1.54, 1.807) is 5.56 Å². The van der Waals surface area contributed by atoms with E-state index in [1.165, 1.54) is 143 Å². The molecule has 12 bridgehead atoms. The summed E-state index contributed by atoms with van der Waals surface area (Å²) in [6, 6.07) is 49.5.